The molecule has 0 aromatic rings. The summed E-state index contributed by atoms with van der Waals surface area (Å²) in [7, 11) is 0. The van der Waals surface area contributed by atoms with Gasteiger partial charge in [-0.15, -0.1) is 0 Å². The number of hydrogen-bond acceptors (Lipinski definition) is 4. The Labute approximate surface area is 173 Å². The minimum Gasteiger partial charge on any atom is -0.481 e. The van der Waals surface area contributed by atoms with Gasteiger partial charge in [-0.2, -0.15) is 0 Å². The highest BCUT2D eigenvalue weighted by Gasteiger charge is 2.66. The quantitative estimate of drug-likeness (QED) is 0.766. The normalized spacial score (nSPS) is 45.3. The highest BCUT2D eigenvalue weighted by atomic mass is 16.4. The SMILES string of the molecule is C[C@H](CCC(=O)O)[C@@H]1CC[C@H]2[C@H]3C(=O)C[C@H]4CC(=O)CC[C@]4(C)[C@H]3CC(=O)[C@@]21C. The first-order valence-corrected chi connectivity index (χ1v) is 11.4. The average Bonchev–Trinajstić information content (AvgIpc) is 3.01. The van der Waals surface area contributed by atoms with E-state index in [9.17, 15) is 19.2 Å². The van der Waals surface area contributed by atoms with Crippen LogP contribution in [0, 0.1) is 46.3 Å². The van der Waals surface area contributed by atoms with Gasteiger partial charge in [-0.05, 0) is 60.7 Å². The summed E-state index contributed by atoms with van der Waals surface area (Å²) in [5, 5.41) is 9.06. The van der Waals surface area contributed by atoms with Crippen molar-refractivity contribution in [1.29, 1.82) is 0 Å². The Balaban J connectivity index is 1.63. The van der Waals surface area contributed by atoms with Crippen LogP contribution in [0.1, 0.15) is 78.6 Å². The maximum Gasteiger partial charge on any atom is 0.303 e. The van der Waals surface area contributed by atoms with Crippen molar-refractivity contribution in [3.05, 3.63) is 0 Å². The minimum atomic E-state index is -0.792. The van der Waals surface area contributed by atoms with Crippen LogP contribution in [0.4, 0.5) is 0 Å². The van der Waals surface area contributed by atoms with E-state index in [-0.39, 0.29) is 64.7 Å². The average molecular weight is 403 g/mol. The third-order valence-corrected chi connectivity index (χ3v) is 9.72. The molecule has 0 aromatic carbocycles. The van der Waals surface area contributed by atoms with Crippen LogP contribution in [-0.4, -0.2) is 28.4 Å². The number of carbonyl (C=O) groups excluding carboxylic acids is 3. The van der Waals surface area contributed by atoms with E-state index in [2.05, 4.69) is 20.8 Å². The van der Waals surface area contributed by atoms with Gasteiger partial charge in [0.25, 0.3) is 0 Å². The number of carboxylic acids is 1. The molecule has 4 rings (SSSR count). The van der Waals surface area contributed by atoms with E-state index in [1.807, 2.05) is 0 Å². The van der Waals surface area contributed by atoms with Crippen LogP contribution < -0.4 is 0 Å². The number of fused-ring (bicyclic) bond motifs is 5. The van der Waals surface area contributed by atoms with E-state index in [1.54, 1.807) is 0 Å². The van der Waals surface area contributed by atoms with Gasteiger partial charge in [0.05, 0.1) is 0 Å². The predicted molar refractivity (Wildman–Crippen MR) is 107 cm³/mol. The smallest absolute Gasteiger partial charge is 0.303 e. The lowest BCUT2D eigenvalue weighted by molar-refractivity contribution is -0.166. The molecular weight excluding hydrogens is 368 g/mol. The number of carboxylic acid groups (broad SMARTS) is 1. The van der Waals surface area contributed by atoms with Crippen LogP contribution >= 0.6 is 0 Å². The minimum absolute atomic E-state index is 0.0659. The van der Waals surface area contributed by atoms with Gasteiger partial charge in [0.2, 0.25) is 0 Å². The molecule has 1 N–H and O–H groups in total. The van der Waals surface area contributed by atoms with Gasteiger partial charge < -0.3 is 5.11 Å². The van der Waals surface area contributed by atoms with Crippen LogP contribution in [0.3, 0.4) is 0 Å². The summed E-state index contributed by atoms with van der Waals surface area (Å²) in [6.07, 6.45) is 5.33. The Bertz CT molecular complexity index is 756. The zero-order valence-corrected chi connectivity index (χ0v) is 17.9. The number of carbonyl (C=O) groups is 4. The van der Waals surface area contributed by atoms with E-state index in [0.29, 0.717) is 32.1 Å². The highest BCUT2D eigenvalue weighted by molar-refractivity contribution is 5.93. The molecule has 0 unspecified atom stereocenters. The number of Topliss-reactive ketones (excluding diaryl/α,β-unsaturated/α-hetero) is 3. The maximum absolute atomic E-state index is 13.6. The molecule has 29 heavy (non-hydrogen) atoms. The van der Waals surface area contributed by atoms with Gasteiger partial charge in [0.15, 0.2) is 0 Å². The lowest BCUT2D eigenvalue weighted by Crippen LogP contribution is -2.60. The van der Waals surface area contributed by atoms with E-state index >= 15 is 0 Å². The molecule has 5 nitrogen and oxygen atoms in total. The Kier molecular flexibility index (Phi) is 5.02. The fraction of sp³-hybridized carbons (Fsp3) is 0.833. The van der Waals surface area contributed by atoms with Crippen molar-refractivity contribution in [3.8, 4) is 0 Å². The molecule has 0 saturated heterocycles. The molecule has 4 aliphatic carbocycles. The third-order valence-electron chi connectivity index (χ3n) is 9.72. The van der Waals surface area contributed by atoms with E-state index < -0.39 is 11.4 Å². The Morgan fingerprint density at radius 1 is 1.10 bits per heavy atom. The summed E-state index contributed by atoms with van der Waals surface area (Å²) in [6.45, 7) is 6.37. The van der Waals surface area contributed by atoms with Gasteiger partial charge in [-0.1, -0.05) is 20.8 Å². The van der Waals surface area contributed by atoms with Crippen molar-refractivity contribution in [2.45, 2.75) is 78.6 Å². The van der Waals surface area contributed by atoms with Crippen LogP contribution in [0.5, 0.6) is 0 Å². The first kappa shape index (κ1) is 20.7. The fourth-order valence-corrected chi connectivity index (χ4v) is 7.94. The van der Waals surface area contributed by atoms with Crippen LogP contribution in [0.2, 0.25) is 0 Å². The van der Waals surface area contributed by atoms with Gasteiger partial charge in [-0.3, -0.25) is 19.2 Å². The second-order valence-electron chi connectivity index (χ2n) is 10.9. The molecule has 5 heteroatoms. The zero-order valence-electron chi connectivity index (χ0n) is 17.9. The third kappa shape index (κ3) is 3.02. The molecular formula is C24H34O5. The summed E-state index contributed by atoms with van der Waals surface area (Å²) in [6, 6.07) is 0. The molecule has 4 aliphatic rings. The van der Waals surface area contributed by atoms with Gasteiger partial charge >= 0.3 is 5.97 Å². The first-order valence-electron chi connectivity index (χ1n) is 11.4. The van der Waals surface area contributed by atoms with Crippen molar-refractivity contribution in [2.75, 3.05) is 0 Å². The van der Waals surface area contributed by atoms with E-state index in [0.717, 1.165) is 19.3 Å². The highest BCUT2D eigenvalue weighted by Crippen LogP contribution is 2.66. The second-order valence-corrected chi connectivity index (χ2v) is 10.9. The molecule has 8 atom stereocenters. The fourth-order valence-electron chi connectivity index (χ4n) is 7.94. The summed E-state index contributed by atoms with van der Waals surface area (Å²) < 4.78 is 0. The zero-order chi connectivity index (χ0) is 21.1. The van der Waals surface area contributed by atoms with Crippen LogP contribution in [0.15, 0.2) is 0 Å². The van der Waals surface area contributed by atoms with Crippen molar-refractivity contribution in [3.63, 3.8) is 0 Å². The molecule has 0 amide bonds. The summed E-state index contributed by atoms with van der Waals surface area (Å²) in [5.74, 6) is 0.524. The van der Waals surface area contributed by atoms with Crippen LogP contribution in [0.25, 0.3) is 0 Å². The first-order chi connectivity index (χ1) is 13.6. The van der Waals surface area contributed by atoms with Crippen LogP contribution in [-0.2, 0) is 19.2 Å². The van der Waals surface area contributed by atoms with E-state index in [4.69, 9.17) is 5.11 Å². The standard InChI is InChI=1S/C24H34O5/c1-13(4-7-21(28)29)16-5-6-17-22-18(12-20(27)24(16,17)3)23(2)9-8-15(25)10-14(23)11-19(22)26/h13-14,16-18,22H,4-12H2,1-3H3,(H,28,29)/t13-,14-,16+,17+,18+,22-,23+,24-/m1/s1. The Morgan fingerprint density at radius 2 is 1.83 bits per heavy atom. The molecule has 0 spiro atoms. The second kappa shape index (κ2) is 7.02. The number of ketones is 3. The molecule has 0 aromatic heterocycles. The lowest BCUT2D eigenvalue weighted by atomic mass is 9.44. The molecule has 0 radical (unpaired) electrons. The predicted octanol–water partition coefficient (Wildman–Crippen LogP) is 4.07. The van der Waals surface area contributed by atoms with Gasteiger partial charge in [0, 0.05) is 43.4 Å². The topological polar surface area (TPSA) is 88.5 Å². The van der Waals surface area contributed by atoms with Crippen molar-refractivity contribution >= 4 is 23.3 Å². The molecule has 0 aliphatic heterocycles. The van der Waals surface area contributed by atoms with E-state index in [1.165, 1.54) is 0 Å². The Hall–Kier alpha value is -1.52. The van der Waals surface area contributed by atoms with Crippen molar-refractivity contribution < 1.29 is 24.3 Å². The molecule has 4 fully saturated rings. The lowest BCUT2D eigenvalue weighted by Gasteiger charge is -2.58. The largest absolute Gasteiger partial charge is 0.481 e. The summed E-state index contributed by atoms with van der Waals surface area (Å²) >= 11 is 0. The molecule has 0 heterocycles. The van der Waals surface area contributed by atoms with Crippen molar-refractivity contribution in [1.82, 2.24) is 0 Å². The molecule has 0 bridgehead atoms. The van der Waals surface area contributed by atoms with Gasteiger partial charge in [-0.25, -0.2) is 0 Å². The number of rotatable bonds is 4. The monoisotopic (exact) mass is 402 g/mol. The molecule has 4 saturated carbocycles. The van der Waals surface area contributed by atoms with Crippen molar-refractivity contribution in [2.24, 2.45) is 46.3 Å². The number of hydrogen-bond donors (Lipinski definition) is 1. The Morgan fingerprint density at radius 3 is 2.52 bits per heavy atom. The maximum atomic E-state index is 13.6. The number of aliphatic carboxylic acids is 1. The summed E-state index contributed by atoms with van der Waals surface area (Å²) in [5.41, 5.74) is -0.598. The molecule has 160 valence electrons. The summed E-state index contributed by atoms with van der Waals surface area (Å²) in [4.78, 5) is 50.0. The van der Waals surface area contributed by atoms with Gasteiger partial charge in [0.1, 0.15) is 17.3 Å².